The van der Waals surface area contributed by atoms with Crippen molar-refractivity contribution in [1.29, 1.82) is 0 Å². The number of carboxylic acid groups (broad SMARTS) is 1. The molecule has 0 radical (unpaired) electrons. The molecule has 0 aliphatic carbocycles. The Morgan fingerprint density at radius 1 is 1.39 bits per heavy atom. The number of aliphatic carboxylic acids is 1. The van der Waals surface area contributed by atoms with Gasteiger partial charge in [-0.1, -0.05) is 0 Å². The minimum absolute atomic E-state index is 0.187. The molecule has 3 N–H and O–H groups in total. The lowest BCUT2D eigenvalue weighted by molar-refractivity contribution is -0.138. The van der Waals surface area contributed by atoms with Crippen LogP contribution in [0.5, 0.6) is 0 Å². The van der Waals surface area contributed by atoms with E-state index in [1.54, 1.807) is 0 Å². The molecule has 7 heteroatoms. The molecule has 18 heavy (non-hydrogen) atoms. The van der Waals surface area contributed by atoms with E-state index < -0.39 is 23.6 Å². The molecular formula is C11H8F2N2O2S. The van der Waals surface area contributed by atoms with E-state index in [1.165, 1.54) is 11.4 Å². The van der Waals surface area contributed by atoms with E-state index in [0.29, 0.717) is 10.6 Å². The molecule has 1 aromatic heterocycles. The van der Waals surface area contributed by atoms with Gasteiger partial charge in [0, 0.05) is 10.9 Å². The molecular weight excluding hydrogens is 262 g/mol. The molecule has 0 fully saturated rings. The quantitative estimate of drug-likeness (QED) is 0.896. The Labute approximate surface area is 105 Å². The van der Waals surface area contributed by atoms with Crippen molar-refractivity contribution in [1.82, 2.24) is 4.98 Å². The minimum atomic E-state index is -1.22. The number of halogens is 2. The van der Waals surface area contributed by atoms with Crippen LogP contribution in [-0.2, 0) is 4.79 Å². The number of carbonyl (C=O) groups is 1. The summed E-state index contributed by atoms with van der Waals surface area (Å²) in [6, 6.07) is 2.14. The van der Waals surface area contributed by atoms with E-state index >= 15 is 0 Å². The molecule has 1 heterocycles. The Morgan fingerprint density at radius 2 is 2.11 bits per heavy atom. The van der Waals surface area contributed by atoms with E-state index in [1.807, 2.05) is 0 Å². The third kappa shape index (κ3) is 2.36. The number of hydrogen-bond acceptors (Lipinski definition) is 4. The zero-order chi connectivity index (χ0) is 13.3. The highest BCUT2D eigenvalue weighted by atomic mass is 32.1. The molecule has 0 aliphatic rings. The monoisotopic (exact) mass is 270 g/mol. The molecule has 2 aromatic rings. The van der Waals surface area contributed by atoms with Crippen LogP contribution in [0.25, 0.3) is 10.6 Å². The van der Waals surface area contributed by atoms with Crippen molar-refractivity contribution in [3.8, 4) is 10.6 Å². The van der Waals surface area contributed by atoms with Gasteiger partial charge in [-0.25, -0.2) is 13.8 Å². The average Bonchev–Trinajstić information content (AvgIpc) is 2.81. The number of aromatic nitrogens is 1. The number of nitrogens with two attached hydrogens (primary N) is 1. The first kappa shape index (κ1) is 12.6. The standard InChI is InChI=1S/C11H8F2N2O2S/c12-6-2-1-5(3-7(6)13)10-15-8(4-18-10)9(14)11(16)17/h1-4,9H,14H2,(H,16,17). The first-order valence-corrected chi connectivity index (χ1v) is 5.76. The fraction of sp³-hybridized carbons (Fsp3) is 0.0909. The number of benzene rings is 1. The lowest BCUT2D eigenvalue weighted by Crippen LogP contribution is -2.20. The summed E-state index contributed by atoms with van der Waals surface area (Å²) in [6.07, 6.45) is 0. The molecule has 1 atom stereocenters. The number of carboxylic acids is 1. The smallest absolute Gasteiger partial charge is 0.326 e. The molecule has 2 rings (SSSR count). The number of rotatable bonds is 3. The second kappa shape index (κ2) is 4.79. The van der Waals surface area contributed by atoms with E-state index in [4.69, 9.17) is 10.8 Å². The van der Waals surface area contributed by atoms with Crippen LogP contribution in [-0.4, -0.2) is 16.1 Å². The van der Waals surface area contributed by atoms with Crippen molar-refractivity contribution in [3.05, 3.63) is 40.9 Å². The van der Waals surface area contributed by atoms with Crippen molar-refractivity contribution < 1.29 is 18.7 Å². The summed E-state index contributed by atoms with van der Waals surface area (Å²) >= 11 is 1.12. The van der Waals surface area contributed by atoms with Crippen LogP contribution in [0, 0.1) is 11.6 Å². The summed E-state index contributed by atoms with van der Waals surface area (Å²) in [6.45, 7) is 0. The number of nitrogens with zero attached hydrogens (tertiary/aromatic N) is 1. The molecule has 1 unspecified atom stereocenters. The lowest BCUT2D eigenvalue weighted by Gasteiger charge is -2.01. The van der Waals surface area contributed by atoms with Crippen LogP contribution >= 0.6 is 11.3 Å². The van der Waals surface area contributed by atoms with Crippen molar-refractivity contribution in [2.24, 2.45) is 5.73 Å². The third-order valence-corrected chi connectivity index (χ3v) is 3.18. The van der Waals surface area contributed by atoms with Crippen LogP contribution in [0.1, 0.15) is 11.7 Å². The highest BCUT2D eigenvalue weighted by Gasteiger charge is 2.18. The van der Waals surface area contributed by atoms with Gasteiger partial charge in [0.05, 0.1) is 5.69 Å². The van der Waals surface area contributed by atoms with Gasteiger partial charge in [0.1, 0.15) is 11.0 Å². The van der Waals surface area contributed by atoms with Crippen LogP contribution in [0.4, 0.5) is 8.78 Å². The predicted molar refractivity (Wildman–Crippen MR) is 62.0 cm³/mol. The largest absolute Gasteiger partial charge is 0.480 e. The summed E-state index contributed by atoms with van der Waals surface area (Å²) in [5.74, 6) is -3.12. The summed E-state index contributed by atoms with van der Waals surface area (Å²) in [5.41, 5.74) is 5.96. The summed E-state index contributed by atoms with van der Waals surface area (Å²) in [7, 11) is 0. The minimum Gasteiger partial charge on any atom is -0.480 e. The van der Waals surface area contributed by atoms with Crippen molar-refractivity contribution in [2.45, 2.75) is 6.04 Å². The Balaban J connectivity index is 2.35. The molecule has 0 amide bonds. The normalized spacial score (nSPS) is 12.4. The fourth-order valence-electron chi connectivity index (χ4n) is 1.32. The fourth-order valence-corrected chi connectivity index (χ4v) is 2.17. The molecule has 94 valence electrons. The molecule has 0 bridgehead atoms. The molecule has 0 saturated carbocycles. The van der Waals surface area contributed by atoms with Gasteiger partial charge in [0.15, 0.2) is 11.6 Å². The Kier molecular flexibility index (Phi) is 3.35. The molecule has 0 spiro atoms. The van der Waals surface area contributed by atoms with Crippen molar-refractivity contribution in [2.75, 3.05) is 0 Å². The maximum Gasteiger partial charge on any atom is 0.326 e. The zero-order valence-electron chi connectivity index (χ0n) is 8.93. The van der Waals surface area contributed by atoms with Gasteiger partial charge in [0.25, 0.3) is 0 Å². The predicted octanol–water partition coefficient (Wildman–Crippen LogP) is 2.17. The van der Waals surface area contributed by atoms with E-state index in [0.717, 1.165) is 23.5 Å². The van der Waals surface area contributed by atoms with Crippen molar-refractivity contribution in [3.63, 3.8) is 0 Å². The molecule has 4 nitrogen and oxygen atoms in total. The van der Waals surface area contributed by atoms with Crippen LogP contribution in [0.15, 0.2) is 23.6 Å². The maximum absolute atomic E-state index is 13.0. The third-order valence-electron chi connectivity index (χ3n) is 2.27. The van der Waals surface area contributed by atoms with Gasteiger partial charge in [-0.3, -0.25) is 4.79 Å². The van der Waals surface area contributed by atoms with E-state index in [9.17, 15) is 13.6 Å². The first-order valence-electron chi connectivity index (χ1n) is 4.88. The topological polar surface area (TPSA) is 76.2 Å². The van der Waals surface area contributed by atoms with Gasteiger partial charge in [-0.05, 0) is 18.2 Å². The second-order valence-electron chi connectivity index (χ2n) is 3.52. The van der Waals surface area contributed by atoms with Crippen LogP contribution < -0.4 is 5.73 Å². The van der Waals surface area contributed by atoms with Gasteiger partial charge < -0.3 is 10.8 Å². The average molecular weight is 270 g/mol. The van der Waals surface area contributed by atoms with Crippen LogP contribution in [0.2, 0.25) is 0 Å². The zero-order valence-corrected chi connectivity index (χ0v) is 9.75. The maximum atomic E-state index is 13.0. The van der Waals surface area contributed by atoms with Crippen LogP contribution in [0.3, 0.4) is 0 Å². The molecule has 0 aliphatic heterocycles. The molecule has 0 saturated heterocycles. The summed E-state index contributed by atoms with van der Waals surface area (Å²) in [4.78, 5) is 14.7. The second-order valence-corrected chi connectivity index (χ2v) is 4.38. The highest BCUT2D eigenvalue weighted by Crippen LogP contribution is 2.26. The Morgan fingerprint density at radius 3 is 2.72 bits per heavy atom. The Hall–Kier alpha value is -1.86. The van der Waals surface area contributed by atoms with E-state index in [2.05, 4.69) is 4.98 Å². The molecule has 1 aromatic carbocycles. The van der Waals surface area contributed by atoms with Gasteiger partial charge in [-0.2, -0.15) is 0 Å². The SMILES string of the molecule is NC(C(=O)O)c1csc(-c2ccc(F)c(F)c2)n1. The van der Waals surface area contributed by atoms with Gasteiger partial charge >= 0.3 is 5.97 Å². The summed E-state index contributed by atoms with van der Waals surface area (Å²) in [5, 5.41) is 10.6. The van der Waals surface area contributed by atoms with Gasteiger partial charge in [0.2, 0.25) is 0 Å². The number of thiazole rings is 1. The van der Waals surface area contributed by atoms with Gasteiger partial charge in [-0.15, -0.1) is 11.3 Å². The Bertz CT molecular complexity index is 600. The van der Waals surface area contributed by atoms with Crippen molar-refractivity contribution >= 4 is 17.3 Å². The van der Waals surface area contributed by atoms with E-state index in [-0.39, 0.29) is 5.69 Å². The first-order chi connectivity index (χ1) is 8.49. The number of hydrogen-bond donors (Lipinski definition) is 2. The summed E-state index contributed by atoms with van der Waals surface area (Å²) < 4.78 is 25.8. The lowest BCUT2D eigenvalue weighted by atomic mass is 10.2. The highest BCUT2D eigenvalue weighted by molar-refractivity contribution is 7.13.